The van der Waals surface area contributed by atoms with Crippen LogP contribution in [0.15, 0.2) is 12.5 Å². The standard InChI is InChI=1S/C14H25N3O2/c1-7-10(2)17-9-15-8-12(17)11(3)16-13(18)19-14(4,5)6/h8-11H,7H2,1-6H3,(H,16,18). The zero-order valence-corrected chi connectivity index (χ0v) is 12.7. The number of alkyl carbamates (subject to hydrolysis) is 1. The Morgan fingerprint density at radius 1 is 1.47 bits per heavy atom. The molecule has 2 atom stereocenters. The second kappa shape index (κ2) is 6.08. The van der Waals surface area contributed by atoms with E-state index in [-0.39, 0.29) is 6.04 Å². The van der Waals surface area contributed by atoms with Crippen LogP contribution in [-0.4, -0.2) is 21.2 Å². The van der Waals surface area contributed by atoms with Crippen LogP contribution >= 0.6 is 0 Å². The van der Waals surface area contributed by atoms with E-state index < -0.39 is 11.7 Å². The van der Waals surface area contributed by atoms with Gasteiger partial charge in [0.2, 0.25) is 0 Å². The van der Waals surface area contributed by atoms with Gasteiger partial charge in [0, 0.05) is 6.04 Å². The van der Waals surface area contributed by atoms with E-state index in [1.54, 1.807) is 12.5 Å². The predicted molar refractivity (Wildman–Crippen MR) is 75.0 cm³/mol. The zero-order valence-electron chi connectivity index (χ0n) is 12.7. The van der Waals surface area contributed by atoms with Crippen molar-refractivity contribution in [2.24, 2.45) is 0 Å². The van der Waals surface area contributed by atoms with Crippen LogP contribution in [0.5, 0.6) is 0 Å². The average molecular weight is 267 g/mol. The molecule has 0 saturated carbocycles. The van der Waals surface area contributed by atoms with Gasteiger partial charge in [0.25, 0.3) is 0 Å². The van der Waals surface area contributed by atoms with Crippen molar-refractivity contribution in [3.8, 4) is 0 Å². The van der Waals surface area contributed by atoms with Gasteiger partial charge in [-0.25, -0.2) is 9.78 Å². The Balaban J connectivity index is 2.71. The SMILES string of the molecule is CCC(C)n1cncc1C(C)NC(=O)OC(C)(C)C. The van der Waals surface area contributed by atoms with Crippen molar-refractivity contribution in [1.29, 1.82) is 0 Å². The number of amides is 1. The van der Waals surface area contributed by atoms with E-state index in [1.807, 2.05) is 27.7 Å². The van der Waals surface area contributed by atoms with E-state index in [4.69, 9.17) is 4.74 Å². The van der Waals surface area contributed by atoms with E-state index in [0.717, 1.165) is 12.1 Å². The molecule has 5 heteroatoms. The normalized spacial score (nSPS) is 14.8. The van der Waals surface area contributed by atoms with Gasteiger partial charge in [-0.2, -0.15) is 0 Å². The van der Waals surface area contributed by atoms with Gasteiger partial charge in [0.1, 0.15) is 5.60 Å². The molecule has 0 spiro atoms. The molecule has 19 heavy (non-hydrogen) atoms. The minimum absolute atomic E-state index is 0.133. The summed E-state index contributed by atoms with van der Waals surface area (Å²) in [6, 6.07) is 0.228. The lowest BCUT2D eigenvalue weighted by atomic mass is 10.2. The lowest BCUT2D eigenvalue weighted by molar-refractivity contribution is 0.0506. The van der Waals surface area contributed by atoms with Gasteiger partial charge in [0.05, 0.1) is 24.3 Å². The smallest absolute Gasteiger partial charge is 0.408 e. The molecule has 1 amide bonds. The van der Waals surface area contributed by atoms with Crippen LogP contribution in [0.4, 0.5) is 4.79 Å². The molecule has 0 aromatic carbocycles. The summed E-state index contributed by atoms with van der Waals surface area (Å²) < 4.78 is 7.34. The van der Waals surface area contributed by atoms with Gasteiger partial charge >= 0.3 is 6.09 Å². The summed E-state index contributed by atoms with van der Waals surface area (Å²) in [6.07, 6.45) is 4.20. The van der Waals surface area contributed by atoms with Gasteiger partial charge in [-0.1, -0.05) is 6.92 Å². The van der Waals surface area contributed by atoms with Crippen molar-refractivity contribution in [3.05, 3.63) is 18.2 Å². The number of ether oxygens (including phenoxy) is 1. The molecule has 0 saturated heterocycles. The fourth-order valence-electron chi connectivity index (χ4n) is 1.77. The molecular weight excluding hydrogens is 242 g/mol. The van der Waals surface area contributed by atoms with Crippen molar-refractivity contribution in [3.63, 3.8) is 0 Å². The maximum Gasteiger partial charge on any atom is 0.408 e. The van der Waals surface area contributed by atoms with Crippen LogP contribution in [0, 0.1) is 0 Å². The highest BCUT2D eigenvalue weighted by molar-refractivity contribution is 5.68. The number of hydrogen-bond donors (Lipinski definition) is 1. The Labute approximate surface area is 115 Å². The van der Waals surface area contributed by atoms with Crippen molar-refractivity contribution < 1.29 is 9.53 Å². The van der Waals surface area contributed by atoms with Crippen LogP contribution in [-0.2, 0) is 4.74 Å². The molecule has 5 nitrogen and oxygen atoms in total. The highest BCUT2D eigenvalue weighted by Crippen LogP contribution is 2.19. The monoisotopic (exact) mass is 267 g/mol. The van der Waals surface area contributed by atoms with Crippen LogP contribution in [0.2, 0.25) is 0 Å². The van der Waals surface area contributed by atoms with E-state index in [9.17, 15) is 4.79 Å². The molecule has 0 aliphatic heterocycles. The number of imidazole rings is 1. The van der Waals surface area contributed by atoms with Gasteiger partial charge in [0.15, 0.2) is 0 Å². The Morgan fingerprint density at radius 3 is 2.63 bits per heavy atom. The van der Waals surface area contributed by atoms with E-state index in [1.165, 1.54) is 0 Å². The molecule has 1 rings (SSSR count). The first-order valence-corrected chi connectivity index (χ1v) is 6.75. The molecule has 108 valence electrons. The molecule has 2 unspecified atom stereocenters. The van der Waals surface area contributed by atoms with E-state index in [2.05, 4.69) is 28.7 Å². The summed E-state index contributed by atoms with van der Waals surface area (Å²) >= 11 is 0. The van der Waals surface area contributed by atoms with Crippen molar-refractivity contribution in [1.82, 2.24) is 14.9 Å². The zero-order chi connectivity index (χ0) is 14.6. The third kappa shape index (κ3) is 4.58. The fraction of sp³-hybridized carbons (Fsp3) is 0.714. The summed E-state index contributed by atoms with van der Waals surface area (Å²) in [6.45, 7) is 11.7. The van der Waals surface area contributed by atoms with Crippen molar-refractivity contribution in [2.45, 2.75) is 65.6 Å². The molecule has 0 aliphatic carbocycles. The highest BCUT2D eigenvalue weighted by atomic mass is 16.6. The molecule has 0 aliphatic rings. The maximum absolute atomic E-state index is 11.8. The van der Waals surface area contributed by atoms with Gasteiger partial charge in [-0.15, -0.1) is 0 Å². The largest absolute Gasteiger partial charge is 0.444 e. The number of carbonyl (C=O) groups excluding carboxylic acids is 1. The first-order chi connectivity index (χ1) is 8.74. The van der Waals surface area contributed by atoms with E-state index >= 15 is 0 Å². The second-order valence-corrected chi connectivity index (χ2v) is 5.85. The van der Waals surface area contributed by atoms with Crippen LogP contribution in [0.25, 0.3) is 0 Å². The summed E-state index contributed by atoms with van der Waals surface area (Å²) in [5.74, 6) is 0. The molecule has 1 N–H and O–H groups in total. The molecule has 0 fully saturated rings. The van der Waals surface area contributed by atoms with Crippen molar-refractivity contribution >= 4 is 6.09 Å². The number of carbonyl (C=O) groups is 1. The topological polar surface area (TPSA) is 56.2 Å². The highest BCUT2D eigenvalue weighted by Gasteiger charge is 2.20. The second-order valence-electron chi connectivity index (χ2n) is 5.85. The van der Waals surface area contributed by atoms with E-state index in [0.29, 0.717) is 6.04 Å². The lowest BCUT2D eigenvalue weighted by Crippen LogP contribution is -2.34. The van der Waals surface area contributed by atoms with Gasteiger partial charge in [-0.05, 0) is 41.0 Å². The molecule has 0 radical (unpaired) electrons. The molecule has 1 heterocycles. The summed E-state index contributed by atoms with van der Waals surface area (Å²) in [5, 5.41) is 2.84. The summed E-state index contributed by atoms with van der Waals surface area (Å²) in [4.78, 5) is 15.9. The fourth-order valence-corrected chi connectivity index (χ4v) is 1.77. The average Bonchev–Trinajstić information content (AvgIpc) is 2.73. The minimum Gasteiger partial charge on any atom is -0.444 e. The quantitative estimate of drug-likeness (QED) is 0.909. The lowest BCUT2D eigenvalue weighted by Gasteiger charge is -2.23. The Kier molecular flexibility index (Phi) is 4.97. The molecule has 0 bridgehead atoms. The Hall–Kier alpha value is -1.52. The Morgan fingerprint density at radius 2 is 2.11 bits per heavy atom. The molecule has 1 aromatic rings. The molecular formula is C14H25N3O2. The maximum atomic E-state index is 11.8. The van der Waals surface area contributed by atoms with Crippen LogP contribution < -0.4 is 5.32 Å². The third-order valence-corrected chi connectivity index (χ3v) is 2.94. The number of nitrogens with zero attached hydrogens (tertiary/aromatic N) is 2. The third-order valence-electron chi connectivity index (χ3n) is 2.94. The minimum atomic E-state index is -0.485. The Bertz CT molecular complexity index is 421. The number of hydrogen-bond acceptors (Lipinski definition) is 3. The number of nitrogens with one attached hydrogen (secondary N) is 1. The first kappa shape index (κ1) is 15.5. The summed E-state index contributed by atoms with van der Waals surface area (Å²) in [7, 11) is 0. The van der Waals surface area contributed by atoms with Gasteiger partial charge in [-0.3, -0.25) is 0 Å². The number of rotatable bonds is 4. The molecule has 1 aromatic heterocycles. The first-order valence-electron chi connectivity index (χ1n) is 6.75. The van der Waals surface area contributed by atoms with Crippen LogP contribution in [0.1, 0.15) is 65.7 Å². The van der Waals surface area contributed by atoms with Crippen molar-refractivity contribution in [2.75, 3.05) is 0 Å². The number of aromatic nitrogens is 2. The summed E-state index contributed by atoms with van der Waals surface area (Å²) in [5.41, 5.74) is 0.501. The van der Waals surface area contributed by atoms with Gasteiger partial charge < -0.3 is 14.6 Å². The van der Waals surface area contributed by atoms with Crippen LogP contribution in [0.3, 0.4) is 0 Å². The predicted octanol–water partition coefficient (Wildman–Crippen LogP) is 3.44.